The molecule has 0 aliphatic carbocycles. The smallest absolute Gasteiger partial charge is 0.152 e. The summed E-state index contributed by atoms with van der Waals surface area (Å²) in [4.78, 5) is 5.05. The molecule has 1 heterocycles. The van der Waals surface area contributed by atoms with Gasteiger partial charge in [0, 0.05) is 11.8 Å². The lowest BCUT2D eigenvalue weighted by atomic mass is 10.1. The van der Waals surface area contributed by atoms with Gasteiger partial charge >= 0.3 is 0 Å². The fraction of sp³-hybridized carbons (Fsp3) is 0.0833. The largest absolute Gasteiger partial charge is 0.612 e. The van der Waals surface area contributed by atoms with Crippen molar-refractivity contribution in [1.29, 1.82) is 0 Å². The highest BCUT2D eigenvalue weighted by Gasteiger charge is 2.04. The molecule has 2 aromatic rings. The second-order valence-electron chi connectivity index (χ2n) is 3.12. The first-order valence-electron chi connectivity index (χ1n) is 4.53. The second kappa shape index (κ2) is 4.47. The monoisotopic (exact) mass is 216 g/mol. The predicted octanol–water partition coefficient (Wildman–Crippen LogP) is 2.29. The summed E-state index contributed by atoms with van der Waals surface area (Å²) in [6.45, 7) is 0. The van der Waals surface area contributed by atoms with Crippen LogP contribution in [0.4, 0.5) is 0 Å². The van der Waals surface area contributed by atoms with Crippen molar-refractivity contribution < 1.29 is 4.55 Å². The Hall–Kier alpha value is -1.32. The minimum absolute atomic E-state index is 0.832. The normalized spacial score (nSPS) is 12.4. The van der Waals surface area contributed by atoms with E-state index >= 15 is 0 Å². The third kappa shape index (κ3) is 2.37. The van der Waals surface area contributed by atoms with Gasteiger partial charge in [0.05, 0.1) is 5.69 Å². The number of benzene rings is 1. The predicted molar refractivity (Wildman–Crippen MR) is 60.8 cm³/mol. The molecule has 1 radical (unpaired) electrons. The Balaban J connectivity index is 2.32. The van der Waals surface area contributed by atoms with Gasteiger partial charge in [-0.15, -0.1) is 0 Å². The molecule has 0 aliphatic heterocycles. The van der Waals surface area contributed by atoms with Crippen molar-refractivity contribution >= 4 is 11.2 Å². The van der Waals surface area contributed by atoms with Gasteiger partial charge < -0.3 is 4.55 Å². The highest BCUT2D eigenvalue weighted by atomic mass is 32.2. The zero-order valence-electron chi connectivity index (χ0n) is 8.31. The van der Waals surface area contributed by atoms with Crippen LogP contribution in [0.5, 0.6) is 0 Å². The molecule has 0 fully saturated rings. The molecule has 0 bridgehead atoms. The van der Waals surface area contributed by atoms with Gasteiger partial charge in [-0.3, -0.25) is 4.98 Å². The molecule has 1 atom stereocenters. The van der Waals surface area contributed by atoms with E-state index in [1.54, 1.807) is 18.5 Å². The Morgan fingerprint density at radius 1 is 1.27 bits per heavy atom. The first kappa shape index (κ1) is 10.2. The molecule has 2 rings (SSSR count). The SMILES string of the molecule is C[S+]([O-])c1ccc(-c2c[c]ccn2)cc1. The fourth-order valence-electron chi connectivity index (χ4n) is 1.30. The fourth-order valence-corrected chi connectivity index (χ4v) is 1.82. The van der Waals surface area contributed by atoms with E-state index in [0.717, 1.165) is 16.2 Å². The van der Waals surface area contributed by atoms with Gasteiger partial charge in [-0.05, 0) is 53.6 Å². The summed E-state index contributed by atoms with van der Waals surface area (Å²) >= 11 is -0.922. The van der Waals surface area contributed by atoms with E-state index in [1.807, 2.05) is 30.3 Å². The van der Waals surface area contributed by atoms with Gasteiger partial charge in [0.2, 0.25) is 0 Å². The summed E-state index contributed by atoms with van der Waals surface area (Å²) in [6, 6.07) is 14.1. The van der Waals surface area contributed by atoms with Crippen LogP contribution in [-0.2, 0) is 11.2 Å². The topological polar surface area (TPSA) is 36.0 Å². The molecular weight excluding hydrogens is 206 g/mol. The molecule has 75 valence electrons. The van der Waals surface area contributed by atoms with Crippen molar-refractivity contribution in [2.24, 2.45) is 0 Å². The standard InChI is InChI=1S/C12H10NOS/c1-15(14)11-7-5-10(6-8-11)12-4-2-3-9-13-12/h3-9H,1H3. The number of aromatic nitrogens is 1. The van der Waals surface area contributed by atoms with Crippen molar-refractivity contribution in [3.8, 4) is 11.3 Å². The lowest BCUT2D eigenvalue weighted by molar-refractivity contribution is 0.601. The number of hydrogen-bond donors (Lipinski definition) is 0. The molecule has 3 heteroatoms. The van der Waals surface area contributed by atoms with Crippen molar-refractivity contribution in [2.45, 2.75) is 4.90 Å². The molecule has 1 aromatic carbocycles. The van der Waals surface area contributed by atoms with Gasteiger partial charge in [0.25, 0.3) is 0 Å². The van der Waals surface area contributed by atoms with E-state index in [1.165, 1.54) is 0 Å². The number of hydrogen-bond acceptors (Lipinski definition) is 2. The summed E-state index contributed by atoms with van der Waals surface area (Å²) in [6.07, 6.45) is 3.38. The molecule has 0 N–H and O–H groups in total. The van der Waals surface area contributed by atoms with Gasteiger partial charge in [0.1, 0.15) is 6.26 Å². The van der Waals surface area contributed by atoms with Crippen LogP contribution < -0.4 is 0 Å². The quantitative estimate of drug-likeness (QED) is 0.722. The third-order valence-electron chi connectivity index (χ3n) is 2.09. The third-order valence-corrected chi connectivity index (χ3v) is 3.02. The Labute approximate surface area is 92.2 Å². The van der Waals surface area contributed by atoms with E-state index in [9.17, 15) is 4.55 Å². The van der Waals surface area contributed by atoms with Crippen LogP contribution in [0.3, 0.4) is 0 Å². The van der Waals surface area contributed by atoms with Crippen molar-refractivity contribution in [2.75, 3.05) is 6.26 Å². The van der Waals surface area contributed by atoms with E-state index in [2.05, 4.69) is 11.1 Å². The molecule has 0 aliphatic rings. The zero-order chi connectivity index (χ0) is 10.7. The molecular formula is C12H10NOS. The minimum atomic E-state index is -0.922. The second-order valence-corrected chi connectivity index (χ2v) is 4.50. The van der Waals surface area contributed by atoms with E-state index in [0.29, 0.717) is 0 Å². The first-order chi connectivity index (χ1) is 7.27. The Morgan fingerprint density at radius 2 is 2.00 bits per heavy atom. The van der Waals surface area contributed by atoms with Gasteiger partial charge in [-0.25, -0.2) is 0 Å². The molecule has 1 unspecified atom stereocenters. The van der Waals surface area contributed by atoms with E-state index < -0.39 is 11.2 Å². The molecule has 2 nitrogen and oxygen atoms in total. The van der Waals surface area contributed by atoms with Crippen molar-refractivity contribution in [1.82, 2.24) is 4.98 Å². The summed E-state index contributed by atoms with van der Waals surface area (Å²) in [7, 11) is 0. The maximum absolute atomic E-state index is 11.2. The summed E-state index contributed by atoms with van der Waals surface area (Å²) in [5, 5.41) is 0. The summed E-state index contributed by atoms with van der Waals surface area (Å²) in [5.74, 6) is 0. The van der Waals surface area contributed by atoms with E-state index in [-0.39, 0.29) is 0 Å². The minimum Gasteiger partial charge on any atom is -0.612 e. The van der Waals surface area contributed by atoms with Gasteiger partial charge in [-0.2, -0.15) is 0 Å². The maximum Gasteiger partial charge on any atom is 0.152 e. The lowest BCUT2D eigenvalue weighted by Crippen LogP contribution is -1.96. The highest BCUT2D eigenvalue weighted by molar-refractivity contribution is 7.90. The van der Waals surface area contributed by atoms with Gasteiger partial charge in [0.15, 0.2) is 4.90 Å². The molecule has 1 aromatic heterocycles. The summed E-state index contributed by atoms with van der Waals surface area (Å²) in [5.41, 5.74) is 1.90. The van der Waals surface area contributed by atoms with Gasteiger partial charge in [-0.1, -0.05) is 0 Å². The molecule has 0 saturated carbocycles. The van der Waals surface area contributed by atoms with Crippen LogP contribution in [-0.4, -0.2) is 15.8 Å². The van der Waals surface area contributed by atoms with Crippen molar-refractivity contribution in [3.05, 3.63) is 48.7 Å². The van der Waals surface area contributed by atoms with Crippen LogP contribution in [0.1, 0.15) is 0 Å². The van der Waals surface area contributed by atoms with E-state index in [4.69, 9.17) is 0 Å². The Morgan fingerprint density at radius 3 is 2.53 bits per heavy atom. The lowest BCUT2D eigenvalue weighted by Gasteiger charge is -2.04. The van der Waals surface area contributed by atoms with Crippen LogP contribution >= 0.6 is 0 Å². The van der Waals surface area contributed by atoms with Crippen LogP contribution in [0, 0.1) is 6.07 Å². The average molecular weight is 216 g/mol. The Kier molecular flexibility index (Phi) is 3.04. The Bertz CT molecular complexity index is 425. The highest BCUT2D eigenvalue weighted by Crippen LogP contribution is 2.18. The number of rotatable bonds is 2. The molecule has 0 saturated heterocycles. The number of nitrogens with zero attached hydrogens (tertiary/aromatic N) is 1. The molecule has 15 heavy (non-hydrogen) atoms. The number of pyridine rings is 1. The zero-order valence-corrected chi connectivity index (χ0v) is 9.12. The summed E-state index contributed by atoms with van der Waals surface area (Å²) < 4.78 is 11.2. The molecule has 0 spiro atoms. The van der Waals surface area contributed by atoms with Crippen molar-refractivity contribution in [3.63, 3.8) is 0 Å². The maximum atomic E-state index is 11.2. The molecule has 0 amide bonds. The van der Waals surface area contributed by atoms with Crippen LogP contribution in [0.25, 0.3) is 11.3 Å². The van der Waals surface area contributed by atoms with Crippen LogP contribution in [0.2, 0.25) is 0 Å². The average Bonchev–Trinajstić information content (AvgIpc) is 2.30. The first-order valence-corrected chi connectivity index (χ1v) is 6.09. The van der Waals surface area contributed by atoms with Crippen LogP contribution in [0.15, 0.2) is 47.5 Å².